The van der Waals surface area contributed by atoms with Crippen LogP contribution in [0.4, 0.5) is 0 Å². The predicted molar refractivity (Wildman–Crippen MR) is 74.3 cm³/mol. The van der Waals surface area contributed by atoms with Crippen LogP contribution in [0.15, 0.2) is 0 Å². The van der Waals surface area contributed by atoms with Gasteiger partial charge < -0.3 is 10.1 Å². The SMILES string of the molecule is COC(C)(C)CC(C)NC1CCCC(C)(C)C1. The number of hydrogen-bond donors (Lipinski definition) is 1. The minimum absolute atomic E-state index is 0.0173. The predicted octanol–water partition coefficient (Wildman–Crippen LogP) is 3.75. The van der Waals surface area contributed by atoms with E-state index in [0.29, 0.717) is 17.5 Å². The van der Waals surface area contributed by atoms with Crippen molar-refractivity contribution < 1.29 is 4.74 Å². The van der Waals surface area contributed by atoms with Crippen LogP contribution in [0.1, 0.15) is 66.7 Å². The molecule has 0 aromatic rings. The maximum atomic E-state index is 5.50. The largest absolute Gasteiger partial charge is 0.379 e. The van der Waals surface area contributed by atoms with Crippen molar-refractivity contribution in [2.75, 3.05) is 7.11 Å². The summed E-state index contributed by atoms with van der Waals surface area (Å²) >= 11 is 0. The molecular formula is C15H31NO. The third-order valence-corrected chi connectivity index (χ3v) is 4.08. The normalized spacial score (nSPS) is 26.8. The molecule has 0 aromatic carbocycles. The summed E-state index contributed by atoms with van der Waals surface area (Å²) in [6.07, 6.45) is 6.46. The first-order valence-corrected chi connectivity index (χ1v) is 7.05. The van der Waals surface area contributed by atoms with Crippen molar-refractivity contribution in [2.24, 2.45) is 5.41 Å². The van der Waals surface area contributed by atoms with E-state index >= 15 is 0 Å². The summed E-state index contributed by atoms with van der Waals surface area (Å²) < 4.78 is 5.50. The zero-order chi connectivity index (χ0) is 13.1. The second-order valence-corrected chi connectivity index (χ2v) is 7.19. The average molecular weight is 241 g/mol. The Morgan fingerprint density at radius 2 is 2.06 bits per heavy atom. The molecule has 0 spiro atoms. The van der Waals surface area contributed by atoms with Crippen LogP contribution in [0.3, 0.4) is 0 Å². The Bertz CT molecular complexity index is 235. The van der Waals surface area contributed by atoms with Crippen LogP contribution in [0.25, 0.3) is 0 Å². The third-order valence-electron chi connectivity index (χ3n) is 4.08. The Labute approximate surface area is 108 Å². The van der Waals surface area contributed by atoms with Gasteiger partial charge in [0.15, 0.2) is 0 Å². The summed E-state index contributed by atoms with van der Waals surface area (Å²) in [7, 11) is 1.80. The molecule has 1 saturated carbocycles. The first-order valence-electron chi connectivity index (χ1n) is 7.05. The van der Waals surface area contributed by atoms with Crippen LogP contribution in [0.2, 0.25) is 0 Å². The molecule has 1 aliphatic rings. The minimum Gasteiger partial charge on any atom is -0.379 e. The monoisotopic (exact) mass is 241 g/mol. The Morgan fingerprint density at radius 3 is 2.59 bits per heavy atom. The van der Waals surface area contributed by atoms with Crippen molar-refractivity contribution in [2.45, 2.75) is 84.4 Å². The van der Waals surface area contributed by atoms with Gasteiger partial charge in [-0.25, -0.2) is 0 Å². The molecule has 0 aliphatic heterocycles. The second-order valence-electron chi connectivity index (χ2n) is 7.19. The number of hydrogen-bond acceptors (Lipinski definition) is 2. The highest BCUT2D eigenvalue weighted by atomic mass is 16.5. The van der Waals surface area contributed by atoms with Gasteiger partial charge >= 0.3 is 0 Å². The lowest BCUT2D eigenvalue weighted by atomic mass is 9.75. The van der Waals surface area contributed by atoms with E-state index in [1.807, 2.05) is 0 Å². The van der Waals surface area contributed by atoms with Crippen molar-refractivity contribution >= 4 is 0 Å². The van der Waals surface area contributed by atoms with E-state index < -0.39 is 0 Å². The maximum Gasteiger partial charge on any atom is 0.0637 e. The third kappa shape index (κ3) is 5.39. The lowest BCUT2D eigenvalue weighted by Crippen LogP contribution is -2.44. The Balaban J connectivity index is 2.38. The van der Waals surface area contributed by atoms with Crippen molar-refractivity contribution in [1.82, 2.24) is 5.32 Å². The first-order chi connectivity index (χ1) is 7.74. The lowest BCUT2D eigenvalue weighted by Gasteiger charge is -2.38. The molecule has 2 heteroatoms. The molecule has 2 nitrogen and oxygen atoms in total. The van der Waals surface area contributed by atoms with E-state index in [-0.39, 0.29) is 5.60 Å². The van der Waals surface area contributed by atoms with E-state index in [1.165, 1.54) is 25.7 Å². The Kier molecular flexibility index (Phi) is 5.03. The Morgan fingerprint density at radius 1 is 1.41 bits per heavy atom. The van der Waals surface area contributed by atoms with E-state index in [0.717, 1.165) is 6.42 Å². The van der Waals surface area contributed by atoms with E-state index in [1.54, 1.807) is 7.11 Å². The highest BCUT2D eigenvalue weighted by Crippen LogP contribution is 2.35. The van der Waals surface area contributed by atoms with Crippen molar-refractivity contribution in [3.63, 3.8) is 0 Å². The van der Waals surface area contributed by atoms with Gasteiger partial charge in [-0.1, -0.05) is 20.3 Å². The van der Waals surface area contributed by atoms with Gasteiger partial charge in [0.25, 0.3) is 0 Å². The van der Waals surface area contributed by atoms with Crippen molar-refractivity contribution in [3.8, 4) is 0 Å². The fourth-order valence-corrected chi connectivity index (χ4v) is 3.12. The van der Waals surface area contributed by atoms with Crippen LogP contribution < -0.4 is 5.32 Å². The summed E-state index contributed by atoms with van der Waals surface area (Å²) in [6, 6.07) is 1.23. The van der Waals surface area contributed by atoms with Gasteiger partial charge in [-0.2, -0.15) is 0 Å². The molecule has 1 aliphatic carbocycles. The van der Waals surface area contributed by atoms with Crippen molar-refractivity contribution in [3.05, 3.63) is 0 Å². The molecule has 102 valence electrons. The Hall–Kier alpha value is -0.0800. The topological polar surface area (TPSA) is 21.3 Å². The molecule has 1 N–H and O–H groups in total. The summed E-state index contributed by atoms with van der Waals surface area (Å²) in [5, 5.41) is 3.78. The van der Waals surface area contributed by atoms with Gasteiger partial charge in [-0.05, 0) is 51.9 Å². The average Bonchev–Trinajstić information content (AvgIpc) is 2.14. The summed E-state index contributed by atoms with van der Waals surface area (Å²) in [6.45, 7) is 11.4. The quantitative estimate of drug-likeness (QED) is 0.791. The van der Waals surface area contributed by atoms with Gasteiger partial charge in [-0.3, -0.25) is 0 Å². The number of ether oxygens (including phenoxy) is 1. The van der Waals surface area contributed by atoms with Crippen molar-refractivity contribution in [1.29, 1.82) is 0 Å². The molecule has 2 unspecified atom stereocenters. The molecule has 0 amide bonds. The van der Waals surface area contributed by atoms with Gasteiger partial charge in [0.05, 0.1) is 5.60 Å². The van der Waals surface area contributed by atoms with Gasteiger partial charge in [-0.15, -0.1) is 0 Å². The standard InChI is InChI=1S/C15H31NO/c1-12(10-15(4,5)17-6)16-13-8-7-9-14(2,3)11-13/h12-13,16H,7-11H2,1-6H3. The molecular weight excluding hydrogens is 210 g/mol. The fourth-order valence-electron chi connectivity index (χ4n) is 3.12. The number of nitrogens with one attached hydrogen (secondary N) is 1. The smallest absolute Gasteiger partial charge is 0.0637 e. The summed E-state index contributed by atoms with van der Waals surface area (Å²) in [5.41, 5.74) is 0.503. The highest BCUT2D eigenvalue weighted by molar-refractivity contribution is 4.86. The lowest BCUT2D eigenvalue weighted by molar-refractivity contribution is 0.00659. The molecule has 0 aromatic heterocycles. The van der Waals surface area contributed by atoms with Crippen LogP contribution in [0, 0.1) is 5.41 Å². The molecule has 1 rings (SSSR count). The van der Waals surface area contributed by atoms with Crippen LogP contribution >= 0.6 is 0 Å². The fraction of sp³-hybridized carbons (Fsp3) is 1.00. The van der Waals surface area contributed by atoms with Gasteiger partial charge in [0.1, 0.15) is 0 Å². The zero-order valence-electron chi connectivity index (χ0n) is 12.6. The molecule has 2 atom stereocenters. The van der Waals surface area contributed by atoms with Crippen LogP contribution in [0.5, 0.6) is 0 Å². The molecule has 0 radical (unpaired) electrons. The minimum atomic E-state index is -0.0173. The highest BCUT2D eigenvalue weighted by Gasteiger charge is 2.29. The van der Waals surface area contributed by atoms with E-state index in [4.69, 9.17) is 4.74 Å². The molecule has 17 heavy (non-hydrogen) atoms. The number of methoxy groups -OCH3 is 1. The second kappa shape index (κ2) is 5.71. The molecule has 1 fully saturated rings. The number of rotatable bonds is 5. The molecule has 0 saturated heterocycles. The zero-order valence-corrected chi connectivity index (χ0v) is 12.6. The maximum absolute atomic E-state index is 5.50. The van der Waals surface area contributed by atoms with Crippen LogP contribution in [-0.4, -0.2) is 24.8 Å². The summed E-state index contributed by atoms with van der Waals surface area (Å²) in [5.74, 6) is 0. The van der Waals surface area contributed by atoms with E-state index in [9.17, 15) is 0 Å². The molecule has 0 heterocycles. The summed E-state index contributed by atoms with van der Waals surface area (Å²) in [4.78, 5) is 0. The van der Waals surface area contributed by atoms with Gasteiger partial charge in [0, 0.05) is 19.2 Å². The van der Waals surface area contributed by atoms with Gasteiger partial charge in [0.2, 0.25) is 0 Å². The molecule has 0 bridgehead atoms. The first kappa shape index (κ1) is 15.0. The van der Waals surface area contributed by atoms with E-state index in [2.05, 4.69) is 39.9 Å². The van der Waals surface area contributed by atoms with Crippen LogP contribution in [-0.2, 0) is 4.74 Å².